The first-order chi connectivity index (χ1) is 15.0. The molecule has 10 nitrogen and oxygen atoms in total. The molecule has 4 rings (SSSR count). The molecule has 0 spiro atoms. The molecule has 0 radical (unpaired) electrons. The highest BCUT2D eigenvalue weighted by Crippen LogP contribution is 2.44. The number of aliphatic hydroxyl groups is 1. The first-order valence-corrected chi connectivity index (χ1v) is 10.5. The summed E-state index contributed by atoms with van der Waals surface area (Å²) in [6.07, 6.45) is 5.39. The Kier molecular flexibility index (Phi) is 6.63. The van der Waals surface area contributed by atoms with Crippen molar-refractivity contribution >= 4 is 35.2 Å². The zero-order chi connectivity index (χ0) is 22.0. The van der Waals surface area contributed by atoms with Crippen molar-refractivity contribution in [2.24, 2.45) is 26.4 Å². The Morgan fingerprint density at radius 1 is 1.42 bits per heavy atom. The van der Waals surface area contributed by atoms with Crippen molar-refractivity contribution in [1.29, 1.82) is 0 Å². The Morgan fingerprint density at radius 2 is 2.23 bits per heavy atom. The van der Waals surface area contributed by atoms with Gasteiger partial charge in [-0.3, -0.25) is 14.8 Å². The maximum absolute atomic E-state index is 11.1. The van der Waals surface area contributed by atoms with E-state index in [9.17, 15) is 5.11 Å². The van der Waals surface area contributed by atoms with E-state index in [1.807, 2.05) is 0 Å². The molecule has 0 aromatic carbocycles. The van der Waals surface area contributed by atoms with Gasteiger partial charge in [0.1, 0.15) is 30.5 Å². The summed E-state index contributed by atoms with van der Waals surface area (Å²) in [5.41, 5.74) is 15.5. The SMILES string of the molecule is CC(N)=NC(=Nc1cc(Cl)cnc1C1CC1)C1OC2CNOC2C(N=C/C=C\N)C1O. The number of hydrogen-bond acceptors (Lipinski definition) is 8. The van der Waals surface area contributed by atoms with Crippen LogP contribution >= 0.6 is 11.6 Å². The summed E-state index contributed by atoms with van der Waals surface area (Å²) in [7, 11) is 0. The largest absolute Gasteiger partial charge is 0.405 e. The molecule has 3 fully saturated rings. The number of aromatic nitrogens is 1. The van der Waals surface area contributed by atoms with Crippen LogP contribution in [0.5, 0.6) is 0 Å². The van der Waals surface area contributed by atoms with Gasteiger partial charge >= 0.3 is 0 Å². The number of nitrogens with one attached hydrogen (secondary N) is 1. The monoisotopic (exact) mass is 447 g/mol. The molecule has 3 aliphatic rings. The fraction of sp³-hybridized carbons (Fsp3) is 0.500. The number of amidine groups is 2. The molecule has 166 valence electrons. The second-order valence-electron chi connectivity index (χ2n) is 7.75. The lowest BCUT2D eigenvalue weighted by molar-refractivity contribution is -0.141. The van der Waals surface area contributed by atoms with Crippen LogP contribution < -0.4 is 16.9 Å². The van der Waals surface area contributed by atoms with Gasteiger partial charge in [-0.1, -0.05) is 11.6 Å². The van der Waals surface area contributed by atoms with Crippen LogP contribution in [-0.2, 0) is 9.57 Å². The Balaban J connectivity index is 1.73. The van der Waals surface area contributed by atoms with Crippen LogP contribution in [0.3, 0.4) is 0 Å². The fourth-order valence-corrected chi connectivity index (χ4v) is 3.87. The molecule has 11 heteroatoms. The predicted molar refractivity (Wildman–Crippen MR) is 119 cm³/mol. The van der Waals surface area contributed by atoms with Crippen molar-refractivity contribution in [2.75, 3.05) is 6.54 Å². The third-order valence-electron chi connectivity index (χ3n) is 5.25. The number of rotatable bonds is 5. The van der Waals surface area contributed by atoms with Crippen molar-refractivity contribution in [3.05, 3.63) is 35.3 Å². The van der Waals surface area contributed by atoms with E-state index in [1.54, 1.807) is 25.3 Å². The quantitative estimate of drug-likeness (QED) is 0.387. The standard InChI is InChI=1S/C20H26ClN7O3/c1-10(23)27-20(28-13-7-12(21)8-25-15(13)11-3-4-11)19-17(29)16(24-6-2-5-22)18-14(30-19)9-26-31-18/h2,5-8,11,14,16-19,26,29H,3-4,9,22H2,1H3,(H2,23,27,28)/b5-2-,24-6?. The molecule has 31 heavy (non-hydrogen) atoms. The molecule has 0 bridgehead atoms. The average molecular weight is 448 g/mol. The fourth-order valence-electron chi connectivity index (χ4n) is 3.72. The van der Waals surface area contributed by atoms with Crippen molar-refractivity contribution < 1.29 is 14.7 Å². The van der Waals surface area contributed by atoms with E-state index in [4.69, 9.17) is 37.6 Å². The Morgan fingerprint density at radius 3 is 2.94 bits per heavy atom. The number of aliphatic imine (C=N–C) groups is 3. The number of ether oxygens (including phenoxy) is 1. The molecule has 2 saturated heterocycles. The lowest BCUT2D eigenvalue weighted by Crippen LogP contribution is -2.58. The minimum absolute atomic E-state index is 0.235. The maximum Gasteiger partial charge on any atom is 0.162 e. The number of pyridine rings is 1. The molecule has 1 saturated carbocycles. The number of nitrogens with two attached hydrogens (primary N) is 2. The van der Waals surface area contributed by atoms with Crippen molar-refractivity contribution in [3.63, 3.8) is 0 Å². The molecule has 0 amide bonds. The van der Waals surface area contributed by atoms with E-state index in [0.29, 0.717) is 23.2 Å². The minimum Gasteiger partial charge on any atom is -0.405 e. The van der Waals surface area contributed by atoms with Crippen molar-refractivity contribution in [3.8, 4) is 0 Å². The Bertz CT molecular complexity index is 927. The van der Waals surface area contributed by atoms with Gasteiger partial charge in [0.05, 0.1) is 28.8 Å². The molecule has 5 unspecified atom stereocenters. The van der Waals surface area contributed by atoms with Crippen LogP contribution in [0, 0.1) is 0 Å². The van der Waals surface area contributed by atoms with Crippen molar-refractivity contribution in [1.82, 2.24) is 10.5 Å². The lowest BCUT2D eigenvalue weighted by atomic mass is 9.92. The van der Waals surface area contributed by atoms with E-state index >= 15 is 0 Å². The number of allylic oxidation sites excluding steroid dienone is 1. The molecule has 2 aliphatic heterocycles. The van der Waals surface area contributed by atoms with Gasteiger partial charge in [-0.05, 0) is 38.1 Å². The molecule has 6 N–H and O–H groups in total. The topological polar surface area (TPSA) is 153 Å². The first-order valence-electron chi connectivity index (χ1n) is 10.1. The summed E-state index contributed by atoms with van der Waals surface area (Å²) in [4.78, 5) is 23.5. The van der Waals surface area contributed by atoms with Crippen LogP contribution in [0.25, 0.3) is 0 Å². The van der Waals surface area contributed by atoms with E-state index in [-0.39, 0.29) is 17.8 Å². The van der Waals surface area contributed by atoms with Gasteiger partial charge in [-0.2, -0.15) is 5.48 Å². The summed E-state index contributed by atoms with van der Waals surface area (Å²) in [5.74, 6) is 0.861. The van der Waals surface area contributed by atoms with Gasteiger partial charge in [-0.25, -0.2) is 9.98 Å². The number of halogens is 1. The summed E-state index contributed by atoms with van der Waals surface area (Å²) in [5, 5.41) is 11.6. The molecule has 1 aliphatic carbocycles. The van der Waals surface area contributed by atoms with Gasteiger partial charge in [0, 0.05) is 18.3 Å². The molecule has 1 aromatic heterocycles. The van der Waals surface area contributed by atoms with Gasteiger partial charge in [0.2, 0.25) is 0 Å². The third-order valence-corrected chi connectivity index (χ3v) is 5.46. The summed E-state index contributed by atoms with van der Waals surface area (Å²) in [6.45, 7) is 2.09. The highest BCUT2D eigenvalue weighted by Gasteiger charge is 2.50. The zero-order valence-corrected chi connectivity index (χ0v) is 17.8. The van der Waals surface area contributed by atoms with Crippen LogP contribution in [-0.4, -0.2) is 65.0 Å². The lowest BCUT2D eigenvalue weighted by Gasteiger charge is -2.38. The smallest absolute Gasteiger partial charge is 0.162 e. The van der Waals surface area contributed by atoms with Gasteiger partial charge in [-0.15, -0.1) is 0 Å². The van der Waals surface area contributed by atoms with Crippen molar-refractivity contribution in [2.45, 2.75) is 56.1 Å². The summed E-state index contributed by atoms with van der Waals surface area (Å²) in [6, 6.07) is 1.12. The Labute approximate surface area is 185 Å². The highest BCUT2D eigenvalue weighted by atomic mass is 35.5. The van der Waals surface area contributed by atoms with Gasteiger partial charge < -0.3 is 21.3 Å². The van der Waals surface area contributed by atoms with Gasteiger partial charge in [0.25, 0.3) is 0 Å². The highest BCUT2D eigenvalue weighted by molar-refractivity contribution is 6.30. The van der Waals surface area contributed by atoms with E-state index in [0.717, 1.165) is 18.5 Å². The molecule has 1 aromatic rings. The normalized spacial score (nSPS) is 32.2. The van der Waals surface area contributed by atoms with Crippen LogP contribution in [0.1, 0.15) is 31.4 Å². The zero-order valence-electron chi connectivity index (χ0n) is 17.1. The minimum atomic E-state index is -1.08. The third kappa shape index (κ3) is 4.94. The van der Waals surface area contributed by atoms with E-state index in [1.165, 1.54) is 12.4 Å². The molecular formula is C20H26ClN7O3. The van der Waals surface area contributed by atoms with Crippen LogP contribution in [0.2, 0.25) is 5.02 Å². The van der Waals surface area contributed by atoms with Gasteiger partial charge in [0.15, 0.2) is 5.84 Å². The molecule has 3 heterocycles. The Hall–Kier alpha value is -2.37. The number of nitrogens with zero attached hydrogens (tertiary/aromatic N) is 4. The number of fused-ring (bicyclic) bond motifs is 1. The second-order valence-corrected chi connectivity index (χ2v) is 8.18. The first kappa shape index (κ1) is 21.8. The summed E-state index contributed by atoms with van der Waals surface area (Å²) < 4.78 is 6.14. The summed E-state index contributed by atoms with van der Waals surface area (Å²) >= 11 is 6.18. The van der Waals surface area contributed by atoms with E-state index < -0.39 is 24.4 Å². The van der Waals surface area contributed by atoms with E-state index in [2.05, 4.69) is 20.4 Å². The predicted octanol–water partition coefficient (Wildman–Crippen LogP) is 0.963. The number of hydrogen-bond donors (Lipinski definition) is 4. The second kappa shape index (κ2) is 9.41. The van der Waals surface area contributed by atoms with Crippen LogP contribution in [0.15, 0.2) is 39.5 Å². The molecular weight excluding hydrogens is 422 g/mol. The number of hydroxylamine groups is 1. The number of aliphatic hydroxyl groups excluding tert-OH is 1. The average Bonchev–Trinajstić information content (AvgIpc) is 3.46. The maximum atomic E-state index is 11.1. The van der Waals surface area contributed by atoms with Crippen LogP contribution in [0.4, 0.5) is 5.69 Å². The molecule has 5 atom stereocenters.